The number of halogens is 3. The Morgan fingerprint density at radius 1 is 1.33 bits per heavy atom. The minimum atomic E-state index is -4.37. The average Bonchev–Trinajstić information content (AvgIpc) is 2.91. The largest absolute Gasteiger partial charge is 0.416 e. The summed E-state index contributed by atoms with van der Waals surface area (Å²) in [5.41, 5.74) is -0.109. The van der Waals surface area contributed by atoms with Crippen molar-refractivity contribution in [3.05, 3.63) is 35.4 Å². The van der Waals surface area contributed by atoms with Crippen LogP contribution in [-0.4, -0.2) is 35.7 Å². The van der Waals surface area contributed by atoms with Crippen LogP contribution in [-0.2, 0) is 6.18 Å². The maximum atomic E-state index is 12.6. The zero-order chi connectivity index (χ0) is 17.9. The molecule has 134 valence electrons. The minimum Gasteiger partial charge on any atom is -0.393 e. The molecule has 2 rings (SSSR count). The van der Waals surface area contributed by atoms with E-state index < -0.39 is 17.8 Å². The van der Waals surface area contributed by atoms with Gasteiger partial charge in [-0.25, -0.2) is 4.79 Å². The number of benzene rings is 1. The van der Waals surface area contributed by atoms with Crippen molar-refractivity contribution in [1.29, 1.82) is 0 Å². The Hall–Kier alpha value is -1.76. The first-order chi connectivity index (χ1) is 11.2. The predicted molar refractivity (Wildman–Crippen MR) is 84.4 cm³/mol. The Labute approximate surface area is 139 Å². The van der Waals surface area contributed by atoms with Crippen LogP contribution >= 0.6 is 0 Å². The number of carbonyl (C=O) groups is 1. The first kappa shape index (κ1) is 18.6. The number of rotatable bonds is 4. The van der Waals surface area contributed by atoms with Crippen LogP contribution in [0, 0.1) is 5.92 Å². The molecule has 1 aromatic carbocycles. The van der Waals surface area contributed by atoms with Crippen molar-refractivity contribution in [3.8, 4) is 0 Å². The highest BCUT2D eigenvalue weighted by atomic mass is 19.4. The van der Waals surface area contributed by atoms with Crippen molar-refractivity contribution in [2.75, 3.05) is 13.6 Å². The van der Waals surface area contributed by atoms with Crippen molar-refractivity contribution in [2.45, 2.75) is 44.5 Å². The molecule has 4 nitrogen and oxygen atoms in total. The summed E-state index contributed by atoms with van der Waals surface area (Å²) in [5, 5.41) is 12.6. The third-order valence-electron chi connectivity index (χ3n) is 4.55. The van der Waals surface area contributed by atoms with Gasteiger partial charge in [0, 0.05) is 19.5 Å². The van der Waals surface area contributed by atoms with Gasteiger partial charge in [0.15, 0.2) is 0 Å². The van der Waals surface area contributed by atoms with Crippen LogP contribution in [0.15, 0.2) is 24.3 Å². The Morgan fingerprint density at radius 2 is 1.96 bits per heavy atom. The fourth-order valence-electron chi connectivity index (χ4n) is 3.00. The zero-order valence-electron chi connectivity index (χ0n) is 13.8. The lowest BCUT2D eigenvalue weighted by molar-refractivity contribution is -0.137. The fraction of sp³-hybridized carbons (Fsp3) is 0.588. The van der Waals surface area contributed by atoms with E-state index >= 15 is 0 Å². The van der Waals surface area contributed by atoms with Crippen LogP contribution in [0.2, 0.25) is 0 Å². The van der Waals surface area contributed by atoms with Crippen LogP contribution in [0.1, 0.15) is 43.4 Å². The molecule has 3 unspecified atom stereocenters. The normalized spacial score (nSPS) is 22.2. The van der Waals surface area contributed by atoms with Crippen LogP contribution in [0.5, 0.6) is 0 Å². The number of nitrogens with one attached hydrogen (secondary N) is 1. The maximum absolute atomic E-state index is 12.6. The Bertz CT molecular complexity index is 560. The van der Waals surface area contributed by atoms with Gasteiger partial charge >= 0.3 is 12.2 Å². The minimum absolute atomic E-state index is 0.0853. The molecular weight excluding hydrogens is 321 g/mol. The first-order valence-corrected chi connectivity index (χ1v) is 8.05. The van der Waals surface area contributed by atoms with E-state index in [1.807, 2.05) is 0 Å². The molecule has 1 fully saturated rings. The molecule has 1 aliphatic carbocycles. The number of aliphatic hydroxyl groups is 1. The number of urea groups is 1. The van der Waals surface area contributed by atoms with Gasteiger partial charge in [0.25, 0.3) is 0 Å². The van der Waals surface area contributed by atoms with Gasteiger partial charge in [-0.2, -0.15) is 13.2 Å². The molecule has 7 heteroatoms. The highest BCUT2D eigenvalue weighted by Gasteiger charge is 2.30. The number of alkyl halides is 3. The van der Waals surface area contributed by atoms with E-state index in [1.54, 1.807) is 14.0 Å². The molecule has 2 N–H and O–H groups in total. The van der Waals surface area contributed by atoms with Crippen molar-refractivity contribution in [2.24, 2.45) is 5.92 Å². The molecule has 0 aliphatic heterocycles. The molecule has 0 heterocycles. The van der Waals surface area contributed by atoms with Crippen molar-refractivity contribution in [1.82, 2.24) is 10.2 Å². The maximum Gasteiger partial charge on any atom is 0.416 e. The number of amides is 2. The highest BCUT2D eigenvalue weighted by Crippen LogP contribution is 2.30. The lowest BCUT2D eigenvalue weighted by atomic mass is 10.1. The number of hydrogen-bond donors (Lipinski definition) is 2. The molecule has 1 aromatic rings. The van der Waals surface area contributed by atoms with E-state index in [-0.39, 0.29) is 18.1 Å². The summed E-state index contributed by atoms with van der Waals surface area (Å²) in [5.74, 6) is 0.0853. The molecule has 2 amide bonds. The second-order valence-electron chi connectivity index (χ2n) is 6.43. The summed E-state index contributed by atoms with van der Waals surface area (Å²) >= 11 is 0. The van der Waals surface area contributed by atoms with Gasteiger partial charge in [-0.15, -0.1) is 0 Å². The van der Waals surface area contributed by atoms with Crippen LogP contribution in [0.25, 0.3) is 0 Å². The summed E-state index contributed by atoms with van der Waals surface area (Å²) in [6, 6.07) is 4.05. The number of nitrogens with zero attached hydrogens (tertiary/aromatic N) is 1. The summed E-state index contributed by atoms with van der Waals surface area (Å²) in [4.78, 5) is 13.7. The van der Waals surface area contributed by atoms with E-state index in [4.69, 9.17) is 0 Å². The second kappa shape index (κ2) is 7.42. The van der Waals surface area contributed by atoms with Gasteiger partial charge in [0.2, 0.25) is 0 Å². The van der Waals surface area contributed by atoms with Crippen LogP contribution < -0.4 is 5.32 Å². The van der Waals surface area contributed by atoms with Gasteiger partial charge in [-0.05, 0) is 37.5 Å². The van der Waals surface area contributed by atoms with Crippen molar-refractivity contribution >= 4 is 6.03 Å². The Balaban J connectivity index is 1.90. The predicted octanol–water partition coefficient (Wildman–Crippen LogP) is 3.57. The summed E-state index contributed by atoms with van der Waals surface area (Å²) in [6.07, 6.45) is -2.11. The quantitative estimate of drug-likeness (QED) is 0.877. The molecule has 0 aromatic heterocycles. The van der Waals surface area contributed by atoms with Crippen molar-refractivity contribution in [3.63, 3.8) is 0 Å². The van der Waals surface area contributed by atoms with E-state index in [0.717, 1.165) is 31.4 Å². The molecule has 1 aliphatic rings. The van der Waals surface area contributed by atoms with Crippen LogP contribution in [0.3, 0.4) is 0 Å². The van der Waals surface area contributed by atoms with E-state index in [0.29, 0.717) is 12.1 Å². The molecule has 1 saturated carbocycles. The topological polar surface area (TPSA) is 52.6 Å². The SMILES string of the molecule is CC(NC(=O)N(C)CC1CCCC1O)c1ccc(C(F)(F)F)cc1. The summed E-state index contributed by atoms with van der Waals surface area (Å²) in [7, 11) is 1.65. The lowest BCUT2D eigenvalue weighted by Crippen LogP contribution is -2.42. The Morgan fingerprint density at radius 3 is 2.46 bits per heavy atom. The van der Waals surface area contributed by atoms with E-state index in [2.05, 4.69) is 5.32 Å². The third kappa shape index (κ3) is 4.63. The second-order valence-corrected chi connectivity index (χ2v) is 6.43. The first-order valence-electron chi connectivity index (χ1n) is 8.05. The van der Waals surface area contributed by atoms with E-state index in [9.17, 15) is 23.1 Å². The van der Waals surface area contributed by atoms with Gasteiger partial charge in [0.05, 0.1) is 17.7 Å². The average molecular weight is 344 g/mol. The number of carbonyl (C=O) groups excluding carboxylic acids is 1. The monoisotopic (exact) mass is 344 g/mol. The highest BCUT2D eigenvalue weighted by molar-refractivity contribution is 5.74. The molecular formula is C17H23F3N2O2. The van der Waals surface area contributed by atoms with Gasteiger partial charge in [-0.3, -0.25) is 0 Å². The molecule has 3 atom stereocenters. The molecule has 0 radical (unpaired) electrons. The molecule has 0 bridgehead atoms. The summed E-state index contributed by atoms with van der Waals surface area (Å²) < 4.78 is 37.7. The Kier molecular flexibility index (Phi) is 5.74. The summed E-state index contributed by atoms with van der Waals surface area (Å²) in [6.45, 7) is 2.19. The molecule has 0 spiro atoms. The molecule has 0 saturated heterocycles. The smallest absolute Gasteiger partial charge is 0.393 e. The number of hydrogen-bond acceptors (Lipinski definition) is 2. The van der Waals surface area contributed by atoms with Gasteiger partial charge in [-0.1, -0.05) is 18.6 Å². The number of aliphatic hydroxyl groups excluding tert-OH is 1. The van der Waals surface area contributed by atoms with E-state index in [1.165, 1.54) is 17.0 Å². The standard InChI is InChI=1S/C17H23F3N2O2/c1-11(12-6-8-14(9-7-12)17(18,19)20)21-16(24)22(2)10-13-4-3-5-15(13)23/h6-9,11,13,15,23H,3-5,10H2,1-2H3,(H,21,24). The van der Waals surface area contributed by atoms with Gasteiger partial charge < -0.3 is 15.3 Å². The third-order valence-corrected chi connectivity index (χ3v) is 4.55. The zero-order valence-corrected chi connectivity index (χ0v) is 13.8. The van der Waals surface area contributed by atoms with Crippen molar-refractivity contribution < 1.29 is 23.1 Å². The fourth-order valence-corrected chi connectivity index (χ4v) is 3.00. The molecule has 24 heavy (non-hydrogen) atoms. The lowest BCUT2D eigenvalue weighted by Gasteiger charge is -2.25. The van der Waals surface area contributed by atoms with Crippen LogP contribution in [0.4, 0.5) is 18.0 Å². The van der Waals surface area contributed by atoms with Gasteiger partial charge in [0.1, 0.15) is 0 Å².